The maximum atomic E-state index is 11.4. The number of aliphatic hydroxyl groups is 1. The predicted octanol–water partition coefficient (Wildman–Crippen LogP) is 5.01. The molecule has 160 valence electrons. The quantitative estimate of drug-likeness (QED) is 0.638. The van der Waals surface area contributed by atoms with Crippen LogP contribution in [0.3, 0.4) is 0 Å². The summed E-state index contributed by atoms with van der Waals surface area (Å²) in [7, 11) is 1.67. The number of methoxy groups -OCH3 is 1. The van der Waals surface area contributed by atoms with Gasteiger partial charge in [0.2, 0.25) is 0 Å². The van der Waals surface area contributed by atoms with E-state index in [9.17, 15) is 5.11 Å². The molecule has 0 aliphatic carbocycles. The monoisotopic (exact) mass is 414 g/mol. The highest BCUT2D eigenvalue weighted by atomic mass is 16.5. The van der Waals surface area contributed by atoms with E-state index in [1.54, 1.807) is 13.3 Å². The highest BCUT2D eigenvalue weighted by Gasteiger charge is 2.42. The fourth-order valence-corrected chi connectivity index (χ4v) is 5.40. The Morgan fingerprint density at radius 2 is 2.06 bits per heavy atom. The van der Waals surface area contributed by atoms with Gasteiger partial charge >= 0.3 is 0 Å². The number of aryl methyl sites for hydroxylation is 1. The van der Waals surface area contributed by atoms with Crippen molar-refractivity contribution < 1.29 is 9.84 Å². The summed E-state index contributed by atoms with van der Waals surface area (Å²) in [5.74, 6) is 1.96. The van der Waals surface area contributed by atoms with Crippen molar-refractivity contribution >= 4 is 17.0 Å². The minimum Gasteiger partial charge on any atom is -0.497 e. The van der Waals surface area contributed by atoms with E-state index in [1.165, 1.54) is 17.5 Å². The smallest absolute Gasteiger partial charge is 0.119 e. The first kappa shape index (κ1) is 20.2. The average Bonchev–Trinajstić information content (AvgIpc) is 2.82. The zero-order chi connectivity index (χ0) is 21.4. The van der Waals surface area contributed by atoms with Crippen LogP contribution in [0.25, 0.3) is 17.0 Å². The number of aliphatic hydroxyl groups excluding tert-OH is 1. The molecule has 3 aliphatic heterocycles. The fourth-order valence-electron chi connectivity index (χ4n) is 5.40. The molecule has 0 radical (unpaired) electrons. The molecule has 4 unspecified atom stereocenters. The number of hydrogen-bond donors (Lipinski definition) is 1. The third-order valence-corrected chi connectivity index (χ3v) is 7.23. The van der Waals surface area contributed by atoms with E-state index in [4.69, 9.17) is 4.74 Å². The number of piperidine rings is 3. The molecule has 0 amide bonds. The van der Waals surface area contributed by atoms with Crippen LogP contribution >= 0.6 is 0 Å². The third-order valence-electron chi connectivity index (χ3n) is 7.23. The maximum absolute atomic E-state index is 11.4. The van der Waals surface area contributed by atoms with Crippen molar-refractivity contribution in [3.63, 3.8) is 0 Å². The molecular weight excluding hydrogens is 384 g/mol. The second kappa shape index (κ2) is 8.45. The van der Waals surface area contributed by atoms with Crippen LogP contribution in [0.4, 0.5) is 0 Å². The molecule has 4 heterocycles. The molecule has 4 heteroatoms. The van der Waals surface area contributed by atoms with E-state index in [2.05, 4.69) is 53.2 Å². The topological polar surface area (TPSA) is 45.6 Å². The predicted molar refractivity (Wildman–Crippen MR) is 125 cm³/mol. The number of rotatable bonds is 5. The highest BCUT2D eigenvalue weighted by molar-refractivity contribution is 5.84. The lowest BCUT2D eigenvalue weighted by Gasteiger charge is -2.50. The van der Waals surface area contributed by atoms with Gasteiger partial charge in [-0.1, -0.05) is 36.4 Å². The van der Waals surface area contributed by atoms with Crippen LogP contribution in [-0.2, 0) is 0 Å². The minimum atomic E-state index is -0.526. The average molecular weight is 415 g/mol. The van der Waals surface area contributed by atoms with Gasteiger partial charge in [-0.2, -0.15) is 0 Å². The first-order valence-corrected chi connectivity index (χ1v) is 11.2. The molecule has 3 aliphatic rings. The van der Waals surface area contributed by atoms with Gasteiger partial charge in [0.1, 0.15) is 5.75 Å². The molecule has 1 aromatic heterocycles. The molecule has 6 rings (SSSR count). The van der Waals surface area contributed by atoms with Gasteiger partial charge in [-0.05, 0) is 79.1 Å². The van der Waals surface area contributed by atoms with Gasteiger partial charge in [-0.3, -0.25) is 9.88 Å². The first-order valence-electron chi connectivity index (χ1n) is 11.2. The molecule has 1 N–H and O–H groups in total. The first-order chi connectivity index (χ1) is 15.1. The van der Waals surface area contributed by atoms with E-state index < -0.39 is 6.10 Å². The van der Waals surface area contributed by atoms with Crippen LogP contribution in [0.15, 0.2) is 60.8 Å². The second-order valence-electron chi connectivity index (χ2n) is 8.95. The summed E-state index contributed by atoms with van der Waals surface area (Å²) in [6.07, 6.45) is 8.19. The standard InChI is InChI=1S/C27H30N2O2/c1-18-5-3-4-6-19(18)7-8-21-17-29-14-12-20(21)15-26(29)27(30)23-11-13-28-25-10-9-22(31-2)16-24(23)25/h3-11,13,16,20-21,26-27,30H,12,14-15,17H2,1-2H3/b8-7+/t20?,21?,26?,27-/m1/s1. The van der Waals surface area contributed by atoms with E-state index >= 15 is 0 Å². The second-order valence-corrected chi connectivity index (χ2v) is 8.95. The maximum Gasteiger partial charge on any atom is 0.119 e. The van der Waals surface area contributed by atoms with Crippen LogP contribution in [0.5, 0.6) is 5.75 Å². The molecule has 4 nitrogen and oxygen atoms in total. The van der Waals surface area contributed by atoms with Crippen molar-refractivity contribution in [3.8, 4) is 5.75 Å². The zero-order valence-corrected chi connectivity index (χ0v) is 18.2. The van der Waals surface area contributed by atoms with Crippen LogP contribution in [0.2, 0.25) is 0 Å². The van der Waals surface area contributed by atoms with Gasteiger partial charge in [0.05, 0.1) is 18.7 Å². The van der Waals surface area contributed by atoms with Crippen molar-refractivity contribution in [1.29, 1.82) is 0 Å². The van der Waals surface area contributed by atoms with Crippen molar-refractivity contribution in [3.05, 3.63) is 77.5 Å². The van der Waals surface area contributed by atoms with Crippen LogP contribution in [0.1, 0.15) is 35.6 Å². The lowest BCUT2D eigenvalue weighted by atomic mass is 9.73. The summed E-state index contributed by atoms with van der Waals surface area (Å²) < 4.78 is 5.41. The molecule has 0 spiro atoms. The van der Waals surface area contributed by atoms with Crippen molar-refractivity contribution in [2.75, 3.05) is 20.2 Å². The molecule has 3 saturated heterocycles. The Kier molecular flexibility index (Phi) is 5.51. The molecular formula is C27H30N2O2. The third kappa shape index (κ3) is 3.86. The minimum absolute atomic E-state index is 0.152. The summed E-state index contributed by atoms with van der Waals surface area (Å²) in [5, 5.41) is 12.4. The Labute approximate surface area is 184 Å². The number of fused-ring (bicyclic) bond motifs is 4. The molecule has 3 aromatic rings. The number of hydrogen-bond acceptors (Lipinski definition) is 4. The molecule has 5 atom stereocenters. The lowest BCUT2D eigenvalue weighted by Crippen LogP contribution is -2.54. The summed E-state index contributed by atoms with van der Waals surface area (Å²) in [5.41, 5.74) is 4.46. The van der Waals surface area contributed by atoms with Crippen molar-refractivity contribution in [2.45, 2.75) is 31.9 Å². The SMILES string of the molecule is COc1ccc2nccc([C@@H](O)C3CC4CCN3CC4/C=C/c3ccccc3C)c2c1. The molecule has 2 aromatic carbocycles. The molecule has 0 saturated carbocycles. The highest BCUT2D eigenvalue weighted by Crippen LogP contribution is 2.42. The summed E-state index contributed by atoms with van der Waals surface area (Å²) >= 11 is 0. The van der Waals surface area contributed by atoms with Crippen molar-refractivity contribution in [1.82, 2.24) is 9.88 Å². The van der Waals surface area contributed by atoms with E-state index in [-0.39, 0.29) is 6.04 Å². The van der Waals surface area contributed by atoms with Gasteiger partial charge in [-0.15, -0.1) is 0 Å². The molecule has 2 bridgehead atoms. The Morgan fingerprint density at radius 3 is 2.84 bits per heavy atom. The number of pyridine rings is 1. The lowest BCUT2D eigenvalue weighted by molar-refractivity contribution is -0.0444. The Bertz CT molecular complexity index is 1110. The number of ether oxygens (including phenoxy) is 1. The van der Waals surface area contributed by atoms with E-state index in [0.29, 0.717) is 11.8 Å². The summed E-state index contributed by atoms with van der Waals surface area (Å²) in [6, 6.07) is 16.5. The number of benzene rings is 2. The Hall–Kier alpha value is -2.69. The van der Waals surface area contributed by atoms with E-state index in [1.807, 2.05) is 24.3 Å². The van der Waals surface area contributed by atoms with Gasteiger partial charge in [0.15, 0.2) is 0 Å². The van der Waals surface area contributed by atoms with Gasteiger partial charge in [-0.25, -0.2) is 0 Å². The fraction of sp³-hybridized carbons (Fsp3) is 0.370. The molecule has 31 heavy (non-hydrogen) atoms. The van der Waals surface area contributed by atoms with Crippen LogP contribution in [0, 0.1) is 18.8 Å². The normalized spacial score (nSPS) is 26.4. The Morgan fingerprint density at radius 1 is 1.19 bits per heavy atom. The zero-order valence-electron chi connectivity index (χ0n) is 18.2. The molecule has 3 fully saturated rings. The summed E-state index contributed by atoms with van der Waals surface area (Å²) in [4.78, 5) is 6.97. The van der Waals surface area contributed by atoms with Gasteiger partial charge < -0.3 is 9.84 Å². The van der Waals surface area contributed by atoms with Crippen LogP contribution in [-0.4, -0.2) is 41.2 Å². The Balaban J connectivity index is 1.37. The van der Waals surface area contributed by atoms with Crippen molar-refractivity contribution in [2.24, 2.45) is 11.8 Å². The number of aromatic nitrogens is 1. The van der Waals surface area contributed by atoms with Gasteiger partial charge in [0.25, 0.3) is 0 Å². The largest absolute Gasteiger partial charge is 0.497 e. The van der Waals surface area contributed by atoms with Crippen LogP contribution < -0.4 is 4.74 Å². The summed E-state index contributed by atoms with van der Waals surface area (Å²) in [6.45, 7) is 4.24. The van der Waals surface area contributed by atoms with E-state index in [0.717, 1.165) is 41.7 Å². The number of nitrogens with zero attached hydrogens (tertiary/aromatic N) is 2. The van der Waals surface area contributed by atoms with Gasteiger partial charge in [0, 0.05) is 24.2 Å².